The molecule has 2 aromatic carbocycles. The van der Waals surface area contributed by atoms with Gasteiger partial charge in [-0.15, -0.1) is 11.3 Å². The van der Waals surface area contributed by atoms with Gasteiger partial charge < -0.3 is 14.8 Å². The molecule has 1 atom stereocenters. The molecule has 1 aliphatic heterocycles. The van der Waals surface area contributed by atoms with Crippen LogP contribution in [0.1, 0.15) is 18.4 Å². The molecule has 0 saturated carbocycles. The van der Waals surface area contributed by atoms with Crippen molar-refractivity contribution >= 4 is 33.0 Å². The number of aryl methyl sites for hydroxylation is 1. The van der Waals surface area contributed by atoms with Crippen LogP contribution in [0, 0.1) is 6.92 Å². The van der Waals surface area contributed by atoms with Gasteiger partial charge in [-0.05, 0) is 38.1 Å². The quantitative estimate of drug-likeness (QED) is 0.567. The van der Waals surface area contributed by atoms with Crippen molar-refractivity contribution in [3.63, 3.8) is 0 Å². The van der Waals surface area contributed by atoms with Gasteiger partial charge in [-0.3, -0.25) is 4.79 Å². The van der Waals surface area contributed by atoms with Gasteiger partial charge >= 0.3 is 0 Å². The van der Waals surface area contributed by atoms with E-state index < -0.39 is 22.0 Å². The summed E-state index contributed by atoms with van der Waals surface area (Å²) in [4.78, 5) is 17.0. The van der Waals surface area contributed by atoms with E-state index in [4.69, 9.17) is 9.47 Å². The molecule has 1 aliphatic rings. The number of fused-ring (bicyclic) bond motifs is 1. The van der Waals surface area contributed by atoms with Crippen molar-refractivity contribution in [3.05, 3.63) is 52.9 Å². The zero-order valence-corrected chi connectivity index (χ0v) is 19.3. The fourth-order valence-corrected chi connectivity index (χ4v) is 4.98. The van der Waals surface area contributed by atoms with Crippen molar-refractivity contribution in [3.8, 4) is 22.8 Å². The third-order valence-corrected chi connectivity index (χ3v) is 7.13. The van der Waals surface area contributed by atoms with E-state index in [1.807, 2.05) is 24.4 Å². The highest BCUT2D eigenvalue weighted by atomic mass is 32.2. The molecule has 0 aliphatic carbocycles. The Bertz CT molecular complexity index is 1220. The summed E-state index contributed by atoms with van der Waals surface area (Å²) in [5.41, 5.74) is 2.38. The standard InChI is InChI=1S/C22H23N3O5S2/c1-14(22(26)24-17-6-4-16(5-7-17)19-13-31-15(2)23-19)25-32(27,28)18-8-9-20-21(12-18)30-11-3-10-29-20/h4-9,12-14,25H,3,10-11H2,1-2H3,(H,24,26)/t14-/m0/s1. The van der Waals surface area contributed by atoms with Crippen LogP contribution in [0.5, 0.6) is 11.5 Å². The van der Waals surface area contributed by atoms with E-state index in [1.165, 1.54) is 19.1 Å². The van der Waals surface area contributed by atoms with E-state index in [0.717, 1.165) is 22.7 Å². The number of nitrogens with one attached hydrogen (secondary N) is 2. The average Bonchev–Trinajstić information content (AvgIpc) is 3.06. The van der Waals surface area contributed by atoms with Crippen LogP contribution in [-0.2, 0) is 14.8 Å². The highest BCUT2D eigenvalue weighted by Crippen LogP contribution is 2.32. The molecule has 168 valence electrons. The maximum absolute atomic E-state index is 12.8. The van der Waals surface area contributed by atoms with Crippen LogP contribution < -0.4 is 19.5 Å². The summed E-state index contributed by atoms with van der Waals surface area (Å²) in [6, 6.07) is 10.6. The molecule has 0 radical (unpaired) electrons. The molecular weight excluding hydrogens is 450 g/mol. The number of nitrogens with zero attached hydrogens (tertiary/aromatic N) is 1. The Kier molecular flexibility index (Phi) is 6.45. The lowest BCUT2D eigenvalue weighted by Gasteiger charge is -2.15. The van der Waals surface area contributed by atoms with Crippen LogP contribution >= 0.6 is 11.3 Å². The van der Waals surface area contributed by atoms with Gasteiger partial charge in [0.2, 0.25) is 15.9 Å². The third kappa shape index (κ3) is 5.09. The molecule has 1 aromatic heterocycles. The van der Waals surface area contributed by atoms with Crippen LogP contribution in [0.2, 0.25) is 0 Å². The van der Waals surface area contributed by atoms with Crippen molar-refractivity contribution in [2.24, 2.45) is 0 Å². The molecule has 4 rings (SSSR count). The largest absolute Gasteiger partial charge is 0.490 e. The smallest absolute Gasteiger partial charge is 0.242 e. The van der Waals surface area contributed by atoms with E-state index in [0.29, 0.717) is 30.4 Å². The number of aromatic nitrogens is 1. The van der Waals surface area contributed by atoms with Gasteiger partial charge in [-0.25, -0.2) is 13.4 Å². The van der Waals surface area contributed by atoms with E-state index in [2.05, 4.69) is 15.0 Å². The highest BCUT2D eigenvalue weighted by molar-refractivity contribution is 7.89. The minimum Gasteiger partial charge on any atom is -0.490 e. The molecular formula is C22H23N3O5S2. The van der Waals surface area contributed by atoms with Crippen molar-refractivity contribution in [2.75, 3.05) is 18.5 Å². The molecule has 1 amide bonds. The lowest BCUT2D eigenvalue weighted by Crippen LogP contribution is -2.41. The molecule has 0 unspecified atom stereocenters. The molecule has 0 spiro atoms. The summed E-state index contributed by atoms with van der Waals surface area (Å²) >= 11 is 1.57. The van der Waals surface area contributed by atoms with Crippen LogP contribution in [0.15, 0.2) is 52.7 Å². The van der Waals surface area contributed by atoms with E-state index >= 15 is 0 Å². The first-order valence-corrected chi connectivity index (χ1v) is 12.4. The molecule has 2 heterocycles. The predicted molar refractivity (Wildman–Crippen MR) is 123 cm³/mol. The first kappa shape index (κ1) is 22.3. The second-order valence-corrected chi connectivity index (χ2v) is 10.1. The van der Waals surface area contributed by atoms with Crippen LogP contribution in [0.4, 0.5) is 5.69 Å². The van der Waals surface area contributed by atoms with Crippen LogP contribution in [0.3, 0.4) is 0 Å². The molecule has 0 saturated heterocycles. The third-order valence-electron chi connectivity index (χ3n) is 4.82. The second kappa shape index (κ2) is 9.27. The summed E-state index contributed by atoms with van der Waals surface area (Å²) in [7, 11) is -3.94. The first-order chi connectivity index (χ1) is 15.3. The SMILES string of the molecule is Cc1nc(-c2ccc(NC(=O)[C@H](C)NS(=O)(=O)c3ccc4c(c3)OCCCO4)cc2)cs1. The maximum Gasteiger partial charge on any atom is 0.242 e. The fraction of sp³-hybridized carbons (Fsp3) is 0.273. The lowest BCUT2D eigenvalue weighted by atomic mass is 10.1. The zero-order valence-electron chi connectivity index (χ0n) is 17.6. The van der Waals surface area contributed by atoms with E-state index in [9.17, 15) is 13.2 Å². The minimum absolute atomic E-state index is 0.00399. The highest BCUT2D eigenvalue weighted by Gasteiger charge is 2.24. The number of ether oxygens (including phenoxy) is 2. The number of hydrogen-bond donors (Lipinski definition) is 2. The Hall–Kier alpha value is -2.95. The molecule has 10 heteroatoms. The number of thiazole rings is 1. The van der Waals surface area contributed by atoms with Gasteiger partial charge in [-0.1, -0.05) is 12.1 Å². The van der Waals surface area contributed by atoms with Gasteiger partial charge in [0.15, 0.2) is 11.5 Å². The summed E-state index contributed by atoms with van der Waals surface area (Å²) < 4.78 is 39.1. The molecule has 8 nitrogen and oxygen atoms in total. The number of rotatable bonds is 6. The average molecular weight is 474 g/mol. The maximum atomic E-state index is 12.8. The topological polar surface area (TPSA) is 107 Å². The Morgan fingerprint density at radius 1 is 1.09 bits per heavy atom. The van der Waals surface area contributed by atoms with Gasteiger partial charge in [0.25, 0.3) is 0 Å². The van der Waals surface area contributed by atoms with Gasteiger partial charge in [0, 0.05) is 29.1 Å². The van der Waals surface area contributed by atoms with E-state index in [1.54, 1.807) is 29.5 Å². The summed E-state index contributed by atoms with van der Waals surface area (Å²) in [6.07, 6.45) is 0.719. The number of benzene rings is 2. The summed E-state index contributed by atoms with van der Waals surface area (Å²) in [5, 5.41) is 5.68. The van der Waals surface area contributed by atoms with Crippen LogP contribution in [-0.4, -0.2) is 38.6 Å². The zero-order chi connectivity index (χ0) is 22.7. The number of carbonyl (C=O) groups is 1. The number of carbonyl (C=O) groups excluding carboxylic acids is 1. The monoisotopic (exact) mass is 473 g/mol. The second-order valence-electron chi connectivity index (χ2n) is 7.32. The van der Waals surface area contributed by atoms with Crippen LogP contribution in [0.25, 0.3) is 11.3 Å². The van der Waals surface area contributed by atoms with Crippen molar-refractivity contribution in [1.82, 2.24) is 9.71 Å². The van der Waals surface area contributed by atoms with E-state index in [-0.39, 0.29) is 4.90 Å². The normalized spacial score (nSPS) is 14.4. The number of hydrogen-bond acceptors (Lipinski definition) is 7. The molecule has 0 bridgehead atoms. The van der Waals surface area contributed by atoms with Crippen molar-refractivity contribution in [2.45, 2.75) is 31.2 Å². The number of sulfonamides is 1. The minimum atomic E-state index is -3.94. The van der Waals surface area contributed by atoms with Crippen molar-refractivity contribution < 1.29 is 22.7 Å². The lowest BCUT2D eigenvalue weighted by molar-refractivity contribution is -0.117. The molecule has 32 heavy (non-hydrogen) atoms. The van der Waals surface area contributed by atoms with Gasteiger partial charge in [0.05, 0.1) is 34.9 Å². The molecule has 3 aromatic rings. The Labute approximate surface area is 190 Å². The Morgan fingerprint density at radius 2 is 1.81 bits per heavy atom. The summed E-state index contributed by atoms with van der Waals surface area (Å²) in [5.74, 6) is 0.404. The Balaban J connectivity index is 1.41. The number of amides is 1. The molecule has 0 fully saturated rings. The predicted octanol–water partition coefficient (Wildman–Crippen LogP) is 3.59. The van der Waals surface area contributed by atoms with Gasteiger partial charge in [0.1, 0.15) is 0 Å². The first-order valence-electron chi connectivity index (χ1n) is 10.1. The summed E-state index contributed by atoms with van der Waals surface area (Å²) in [6.45, 7) is 4.39. The van der Waals surface area contributed by atoms with Gasteiger partial charge in [-0.2, -0.15) is 4.72 Å². The van der Waals surface area contributed by atoms with Crippen molar-refractivity contribution in [1.29, 1.82) is 0 Å². The Morgan fingerprint density at radius 3 is 2.50 bits per heavy atom. The fourth-order valence-electron chi connectivity index (χ4n) is 3.14. The molecule has 2 N–H and O–H groups in total. The number of anilines is 1.